The molecule has 1 rings (SSSR count). The van der Waals surface area contributed by atoms with E-state index in [4.69, 9.17) is 4.74 Å². The molecule has 2 nitrogen and oxygen atoms in total. The number of rotatable bonds is 5. The van der Waals surface area contributed by atoms with Gasteiger partial charge in [0.05, 0.1) is 6.61 Å². The van der Waals surface area contributed by atoms with Crippen molar-refractivity contribution in [3.05, 3.63) is 39.9 Å². The minimum absolute atomic E-state index is 0.232. The van der Waals surface area contributed by atoms with Crippen LogP contribution in [0.4, 0.5) is 0 Å². The molecule has 0 aliphatic heterocycles. The summed E-state index contributed by atoms with van der Waals surface area (Å²) in [5, 5.41) is 0. The molecule has 17 heavy (non-hydrogen) atoms. The number of carbonyl (C=O) groups is 1. The first-order valence-corrected chi connectivity index (χ1v) is 7.48. The van der Waals surface area contributed by atoms with Crippen LogP contribution in [0.15, 0.2) is 34.3 Å². The van der Waals surface area contributed by atoms with Crippen LogP contribution >= 0.6 is 27.7 Å². The van der Waals surface area contributed by atoms with Crippen molar-refractivity contribution in [2.45, 2.75) is 6.92 Å². The summed E-state index contributed by atoms with van der Waals surface area (Å²) in [6.45, 7) is 2.22. The van der Waals surface area contributed by atoms with Gasteiger partial charge >= 0.3 is 5.97 Å². The van der Waals surface area contributed by atoms with Gasteiger partial charge in [0.15, 0.2) is 0 Å². The van der Waals surface area contributed by atoms with E-state index in [1.807, 2.05) is 43.5 Å². The lowest BCUT2D eigenvalue weighted by atomic mass is 10.1. The van der Waals surface area contributed by atoms with E-state index in [1.54, 1.807) is 11.8 Å². The second-order valence-electron chi connectivity index (χ2n) is 3.37. The van der Waals surface area contributed by atoms with Crippen molar-refractivity contribution in [1.29, 1.82) is 0 Å². The number of hydrogen-bond acceptors (Lipinski definition) is 3. The topological polar surface area (TPSA) is 26.3 Å². The van der Waals surface area contributed by atoms with Crippen LogP contribution in [0, 0.1) is 0 Å². The van der Waals surface area contributed by atoms with E-state index in [1.165, 1.54) is 0 Å². The molecule has 0 atom stereocenters. The van der Waals surface area contributed by atoms with Crippen LogP contribution in [-0.2, 0) is 9.53 Å². The summed E-state index contributed by atoms with van der Waals surface area (Å²) >= 11 is 4.99. The third kappa shape index (κ3) is 4.96. The van der Waals surface area contributed by atoms with Gasteiger partial charge < -0.3 is 4.74 Å². The SMILES string of the molecule is CCOC(=O)/C(=C/c1ccc(Br)cc1)CSC. The molecule has 0 unspecified atom stereocenters. The summed E-state index contributed by atoms with van der Waals surface area (Å²) in [6.07, 6.45) is 3.84. The zero-order chi connectivity index (χ0) is 12.7. The van der Waals surface area contributed by atoms with Crippen molar-refractivity contribution in [2.24, 2.45) is 0 Å². The maximum Gasteiger partial charge on any atom is 0.334 e. The van der Waals surface area contributed by atoms with Crippen LogP contribution < -0.4 is 0 Å². The molecule has 0 amide bonds. The van der Waals surface area contributed by atoms with Crippen LogP contribution in [0.1, 0.15) is 12.5 Å². The van der Waals surface area contributed by atoms with E-state index in [0.717, 1.165) is 10.0 Å². The van der Waals surface area contributed by atoms with Gasteiger partial charge in [-0.1, -0.05) is 28.1 Å². The summed E-state index contributed by atoms with van der Waals surface area (Å²) in [7, 11) is 0. The van der Waals surface area contributed by atoms with Crippen LogP contribution in [0.5, 0.6) is 0 Å². The van der Waals surface area contributed by atoms with Gasteiger partial charge in [0.1, 0.15) is 0 Å². The predicted molar refractivity (Wildman–Crippen MR) is 77.1 cm³/mol. The van der Waals surface area contributed by atoms with Gasteiger partial charge in [-0.05, 0) is 37.0 Å². The number of hydrogen-bond donors (Lipinski definition) is 0. The lowest BCUT2D eigenvalue weighted by Crippen LogP contribution is -2.09. The number of thioether (sulfide) groups is 1. The Labute approximate surface area is 115 Å². The second kappa shape index (κ2) is 7.56. The molecule has 0 N–H and O–H groups in total. The fraction of sp³-hybridized carbons (Fsp3) is 0.308. The van der Waals surface area contributed by atoms with Crippen molar-refractivity contribution in [2.75, 3.05) is 18.6 Å². The second-order valence-corrected chi connectivity index (χ2v) is 5.16. The van der Waals surface area contributed by atoms with Crippen LogP contribution in [-0.4, -0.2) is 24.6 Å². The third-order valence-corrected chi connectivity index (χ3v) is 3.18. The Balaban J connectivity index is 2.89. The Morgan fingerprint density at radius 2 is 2.06 bits per heavy atom. The molecule has 1 aromatic rings. The average molecular weight is 315 g/mol. The summed E-state index contributed by atoms with van der Waals surface area (Å²) in [4.78, 5) is 11.7. The summed E-state index contributed by atoms with van der Waals surface area (Å²) in [6, 6.07) is 7.83. The van der Waals surface area contributed by atoms with Gasteiger partial charge in [0, 0.05) is 15.8 Å². The third-order valence-electron chi connectivity index (χ3n) is 2.05. The van der Waals surface area contributed by atoms with Crippen molar-refractivity contribution >= 4 is 39.7 Å². The summed E-state index contributed by atoms with van der Waals surface area (Å²) < 4.78 is 6.05. The normalized spacial score (nSPS) is 11.4. The molecule has 0 aromatic heterocycles. The Bertz CT molecular complexity index is 398. The molecule has 0 fully saturated rings. The number of ether oxygens (including phenoxy) is 1. The molecule has 0 bridgehead atoms. The molecular weight excluding hydrogens is 300 g/mol. The monoisotopic (exact) mass is 314 g/mol. The first-order chi connectivity index (χ1) is 8.17. The number of benzene rings is 1. The van der Waals surface area contributed by atoms with Crippen LogP contribution in [0.2, 0.25) is 0 Å². The highest BCUT2D eigenvalue weighted by molar-refractivity contribution is 9.10. The van der Waals surface area contributed by atoms with E-state index in [2.05, 4.69) is 15.9 Å². The zero-order valence-electron chi connectivity index (χ0n) is 9.90. The fourth-order valence-electron chi connectivity index (χ4n) is 1.30. The maximum absolute atomic E-state index is 11.7. The highest BCUT2D eigenvalue weighted by Gasteiger charge is 2.09. The molecule has 0 aliphatic rings. The number of esters is 1. The molecular formula is C13H15BrO2S. The van der Waals surface area contributed by atoms with Crippen molar-refractivity contribution < 1.29 is 9.53 Å². The first kappa shape index (κ1) is 14.3. The van der Waals surface area contributed by atoms with Gasteiger partial charge in [0.2, 0.25) is 0 Å². The van der Waals surface area contributed by atoms with E-state index < -0.39 is 0 Å². The van der Waals surface area contributed by atoms with Crippen LogP contribution in [0.3, 0.4) is 0 Å². The fourth-order valence-corrected chi connectivity index (χ4v) is 2.08. The lowest BCUT2D eigenvalue weighted by Gasteiger charge is -2.05. The van der Waals surface area contributed by atoms with Gasteiger partial charge in [0.25, 0.3) is 0 Å². The molecule has 0 saturated heterocycles. The molecule has 0 saturated carbocycles. The highest BCUT2D eigenvalue weighted by Crippen LogP contribution is 2.15. The zero-order valence-corrected chi connectivity index (χ0v) is 12.3. The van der Waals surface area contributed by atoms with E-state index in [-0.39, 0.29) is 5.97 Å². The standard InChI is InChI=1S/C13H15BrO2S/c1-3-16-13(15)11(9-17-2)8-10-4-6-12(14)7-5-10/h4-8H,3,9H2,1-2H3/b11-8+. The predicted octanol–water partition coefficient (Wildman–Crippen LogP) is 3.76. The van der Waals surface area contributed by atoms with Crippen LogP contribution in [0.25, 0.3) is 6.08 Å². The van der Waals surface area contributed by atoms with Gasteiger partial charge in [-0.15, -0.1) is 0 Å². The molecule has 92 valence electrons. The molecule has 0 spiro atoms. The first-order valence-electron chi connectivity index (χ1n) is 5.29. The Morgan fingerprint density at radius 3 is 2.59 bits per heavy atom. The quantitative estimate of drug-likeness (QED) is 0.611. The van der Waals surface area contributed by atoms with Gasteiger partial charge in [-0.3, -0.25) is 0 Å². The highest BCUT2D eigenvalue weighted by atomic mass is 79.9. The molecule has 0 aliphatic carbocycles. The van der Waals surface area contributed by atoms with E-state index in [0.29, 0.717) is 17.9 Å². The lowest BCUT2D eigenvalue weighted by molar-refractivity contribution is -0.138. The minimum atomic E-state index is -0.232. The van der Waals surface area contributed by atoms with E-state index in [9.17, 15) is 4.79 Å². The summed E-state index contributed by atoms with van der Waals surface area (Å²) in [5.74, 6) is 0.430. The maximum atomic E-state index is 11.7. The molecule has 0 heterocycles. The average Bonchev–Trinajstić information content (AvgIpc) is 2.31. The largest absolute Gasteiger partial charge is 0.463 e. The van der Waals surface area contributed by atoms with Crippen molar-refractivity contribution in [3.8, 4) is 0 Å². The molecule has 0 radical (unpaired) electrons. The van der Waals surface area contributed by atoms with Gasteiger partial charge in [-0.2, -0.15) is 11.8 Å². The number of halogens is 1. The van der Waals surface area contributed by atoms with E-state index >= 15 is 0 Å². The minimum Gasteiger partial charge on any atom is -0.463 e. The smallest absolute Gasteiger partial charge is 0.334 e. The molecule has 4 heteroatoms. The van der Waals surface area contributed by atoms with Crippen molar-refractivity contribution in [3.63, 3.8) is 0 Å². The molecule has 1 aromatic carbocycles. The summed E-state index contributed by atoms with van der Waals surface area (Å²) in [5.41, 5.74) is 1.70. The van der Waals surface area contributed by atoms with Crippen molar-refractivity contribution in [1.82, 2.24) is 0 Å². The Kier molecular flexibility index (Phi) is 6.37. The van der Waals surface area contributed by atoms with Gasteiger partial charge in [-0.25, -0.2) is 4.79 Å². The Morgan fingerprint density at radius 1 is 1.41 bits per heavy atom. The number of carbonyl (C=O) groups excluding carboxylic acids is 1. The Hall–Kier alpha value is -0.740.